The summed E-state index contributed by atoms with van der Waals surface area (Å²) in [6.07, 6.45) is 11.0. The SMILES string of the molecule is C=CCN(C)C(=C)N(CC(C)C)c1c(N)c(NCc2ccccc2)nc2c1C=CC=CC2. The molecule has 1 aliphatic carbocycles. The van der Waals surface area contributed by atoms with E-state index in [0.29, 0.717) is 30.5 Å². The number of aromatic nitrogens is 1. The Morgan fingerprint density at radius 2 is 2.00 bits per heavy atom. The third-order valence-electron chi connectivity index (χ3n) is 5.42. The zero-order valence-electron chi connectivity index (χ0n) is 19.5. The van der Waals surface area contributed by atoms with Gasteiger partial charge in [-0.1, -0.05) is 81.1 Å². The van der Waals surface area contributed by atoms with E-state index in [-0.39, 0.29) is 0 Å². The van der Waals surface area contributed by atoms with Gasteiger partial charge in [0.2, 0.25) is 0 Å². The van der Waals surface area contributed by atoms with Crippen LogP contribution in [0, 0.1) is 5.92 Å². The Bertz CT molecular complexity index is 1000. The summed E-state index contributed by atoms with van der Waals surface area (Å²) in [6, 6.07) is 10.3. The molecule has 1 aromatic carbocycles. The molecule has 3 N–H and O–H groups in total. The molecule has 3 rings (SSSR count). The molecule has 0 spiro atoms. The second kappa shape index (κ2) is 10.7. The number of allylic oxidation sites excluding steroid dienone is 3. The van der Waals surface area contributed by atoms with Crippen LogP contribution in [0.2, 0.25) is 0 Å². The molecule has 1 aromatic heterocycles. The summed E-state index contributed by atoms with van der Waals surface area (Å²) in [4.78, 5) is 9.25. The molecule has 5 heteroatoms. The lowest BCUT2D eigenvalue weighted by molar-refractivity contribution is 0.438. The van der Waals surface area contributed by atoms with Crippen LogP contribution in [0.4, 0.5) is 17.2 Å². The van der Waals surface area contributed by atoms with E-state index < -0.39 is 0 Å². The number of nitrogens with two attached hydrogens (primary N) is 1. The number of pyridine rings is 1. The summed E-state index contributed by atoms with van der Waals surface area (Å²) < 4.78 is 0. The summed E-state index contributed by atoms with van der Waals surface area (Å²) in [6.45, 7) is 14.8. The molecule has 0 radical (unpaired) electrons. The van der Waals surface area contributed by atoms with Gasteiger partial charge in [-0.15, -0.1) is 6.58 Å². The molecule has 2 aromatic rings. The Hall–Kier alpha value is -3.47. The Morgan fingerprint density at radius 3 is 2.69 bits per heavy atom. The zero-order chi connectivity index (χ0) is 23.1. The van der Waals surface area contributed by atoms with E-state index >= 15 is 0 Å². The highest BCUT2D eigenvalue weighted by molar-refractivity contribution is 5.88. The molecule has 1 aliphatic rings. The molecule has 5 nitrogen and oxygen atoms in total. The van der Waals surface area contributed by atoms with Crippen LogP contribution in [0.5, 0.6) is 0 Å². The largest absolute Gasteiger partial charge is 0.394 e. The number of hydrogen-bond acceptors (Lipinski definition) is 5. The van der Waals surface area contributed by atoms with Crippen LogP contribution in [0.25, 0.3) is 6.08 Å². The molecule has 1 heterocycles. The van der Waals surface area contributed by atoms with Gasteiger partial charge in [0.1, 0.15) is 5.82 Å². The Labute approximate surface area is 192 Å². The minimum atomic E-state index is 0.417. The second-order valence-electron chi connectivity index (χ2n) is 8.50. The minimum Gasteiger partial charge on any atom is -0.394 e. The number of rotatable bonds is 10. The third kappa shape index (κ3) is 5.41. The highest BCUT2D eigenvalue weighted by Crippen LogP contribution is 2.39. The van der Waals surface area contributed by atoms with E-state index in [1.165, 1.54) is 5.56 Å². The maximum atomic E-state index is 6.81. The van der Waals surface area contributed by atoms with Crippen molar-refractivity contribution in [3.63, 3.8) is 0 Å². The standard InChI is InChI=1S/C27H35N5/c1-6-17-31(5)21(4)32(19-20(2)3)26-23-15-11-8-12-16-24(23)30-27(25(26)28)29-18-22-13-9-7-10-14-22/h6-15,20H,1,4,16-19,28H2,2-3,5H3,(H,29,30). The van der Waals surface area contributed by atoms with Crippen molar-refractivity contribution in [1.29, 1.82) is 0 Å². The molecule has 32 heavy (non-hydrogen) atoms. The first-order chi connectivity index (χ1) is 15.4. The molecule has 0 amide bonds. The maximum Gasteiger partial charge on any atom is 0.151 e. The number of hydrogen-bond donors (Lipinski definition) is 2. The quantitative estimate of drug-likeness (QED) is 0.492. The average molecular weight is 430 g/mol. The van der Waals surface area contributed by atoms with Crippen molar-refractivity contribution in [2.24, 2.45) is 5.92 Å². The van der Waals surface area contributed by atoms with Crippen molar-refractivity contribution in [3.05, 3.63) is 90.4 Å². The Morgan fingerprint density at radius 1 is 1.25 bits per heavy atom. The maximum absolute atomic E-state index is 6.81. The van der Waals surface area contributed by atoms with Crippen LogP contribution in [-0.4, -0.2) is 30.0 Å². The van der Waals surface area contributed by atoms with E-state index in [1.807, 2.05) is 31.3 Å². The van der Waals surface area contributed by atoms with Crippen LogP contribution in [0.1, 0.15) is 30.7 Å². The molecule has 0 aliphatic heterocycles. The first-order valence-corrected chi connectivity index (χ1v) is 11.1. The zero-order valence-corrected chi connectivity index (χ0v) is 19.5. The van der Waals surface area contributed by atoms with Crippen LogP contribution < -0.4 is 16.0 Å². The smallest absolute Gasteiger partial charge is 0.151 e. The summed E-state index contributed by atoms with van der Waals surface area (Å²) in [5.74, 6) is 2.01. The topological polar surface area (TPSA) is 57.4 Å². The fourth-order valence-corrected chi connectivity index (χ4v) is 3.79. The predicted molar refractivity (Wildman–Crippen MR) is 138 cm³/mol. The van der Waals surface area contributed by atoms with E-state index in [1.54, 1.807) is 0 Å². The van der Waals surface area contributed by atoms with Crippen molar-refractivity contribution in [2.75, 3.05) is 36.1 Å². The number of nitrogen functional groups attached to an aromatic ring is 1. The molecule has 0 fully saturated rings. The van der Waals surface area contributed by atoms with Crippen LogP contribution in [-0.2, 0) is 13.0 Å². The number of benzene rings is 1. The fraction of sp³-hybridized carbons (Fsp3) is 0.296. The molecule has 0 bridgehead atoms. The molecular formula is C27H35N5. The predicted octanol–water partition coefficient (Wildman–Crippen LogP) is 5.45. The first kappa shape index (κ1) is 23.2. The van der Waals surface area contributed by atoms with Gasteiger partial charge in [0.15, 0.2) is 5.82 Å². The number of likely N-dealkylation sites (N-methyl/N-ethyl adjacent to an activating group) is 1. The summed E-state index contributed by atoms with van der Waals surface area (Å²) in [5, 5.41) is 3.47. The third-order valence-corrected chi connectivity index (χ3v) is 5.42. The lowest BCUT2D eigenvalue weighted by Gasteiger charge is -2.36. The van der Waals surface area contributed by atoms with Crippen LogP contribution in [0.3, 0.4) is 0 Å². The highest BCUT2D eigenvalue weighted by Gasteiger charge is 2.25. The fourth-order valence-electron chi connectivity index (χ4n) is 3.79. The average Bonchev–Trinajstić information content (AvgIpc) is 3.02. The summed E-state index contributed by atoms with van der Waals surface area (Å²) in [7, 11) is 2.03. The lowest BCUT2D eigenvalue weighted by atomic mass is 10.0. The van der Waals surface area contributed by atoms with Gasteiger partial charge < -0.3 is 20.9 Å². The van der Waals surface area contributed by atoms with Crippen molar-refractivity contribution >= 4 is 23.3 Å². The van der Waals surface area contributed by atoms with Gasteiger partial charge in [-0.05, 0) is 11.5 Å². The van der Waals surface area contributed by atoms with Crippen LogP contribution >= 0.6 is 0 Å². The number of nitrogens with one attached hydrogen (secondary N) is 1. The van der Waals surface area contributed by atoms with Gasteiger partial charge in [-0.3, -0.25) is 0 Å². The number of fused-ring (bicyclic) bond motifs is 1. The molecule has 0 atom stereocenters. The van der Waals surface area contributed by atoms with E-state index in [9.17, 15) is 0 Å². The Kier molecular flexibility index (Phi) is 7.77. The van der Waals surface area contributed by atoms with E-state index in [4.69, 9.17) is 10.7 Å². The number of nitrogens with zero attached hydrogens (tertiary/aromatic N) is 3. The van der Waals surface area contributed by atoms with Crippen molar-refractivity contribution in [2.45, 2.75) is 26.8 Å². The highest BCUT2D eigenvalue weighted by atomic mass is 15.3. The van der Waals surface area contributed by atoms with Crippen LogP contribution in [0.15, 0.2) is 73.6 Å². The number of anilines is 3. The molecular weight excluding hydrogens is 394 g/mol. The lowest BCUT2D eigenvalue weighted by Crippen LogP contribution is -2.36. The van der Waals surface area contributed by atoms with Gasteiger partial charge in [-0.25, -0.2) is 4.98 Å². The van der Waals surface area contributed by atoms with E-state index in [0.717, 1.165) is 35.7 Å². The normalized spacial score (nSPS) is 12.2. The Balaban J connectivity index is 2.09. The van der Waals surface area contributed by atoms with Crippen molar-refractivity contribution in [1.82, 2.24) is 9.88 Å². The van der Waals surface area contributed by atoms with Gasteiger partial charge in [0.25, 0.3) is 0 Å². The molecule has 0 saturated heterocycles. The summed E-state index contributed by atoms with van der Waals surface area (Å²) >= 11 is 0. The van der Waals surface area contributed by atoms with Gasteiger partial charge in [0, 0.05) is 38.7 Å². The minimum absolute atomic E-state index is 0.417. The van der Waals surface area contributed by atoms with Gasteiger partial charge >= 0.3 is 0 Å². The van der Waals surface area contributed by atoms with Crippen molar-refractivity contribution < 1.29 is 0 Å². The summed E-state index contributed by atoms with van der Waals surface area (Å²) in [5.41, 5.74) is 11.6. The van der Waals surface area contributed by atoms with Gasteiger partial charge in [-0.2, -0.15) is 0 Å². The monoisotopic (exact) mass is 429 g/mol. The second-order valence-corrected chi connectivity index (χ2v) is 8.50. The van der Waals surface area contributed by atoms with E-state index in [2.05, 4.69) is 78.6 Å². The van der Waals surface area contributed by atoms with Gasteiger partial charge in [0.05, 0.1) is 17.1 Å². The molecule has 0 saturated carbocycles. The molecule has 168 valence electrons. The van der Waals surface area contributed by atoms with Crippen molar-refractivity contribution in [3.8, 4) is 0 Å². The molecule has 0 unspecified atom stereocenters. The first-order valence-electron chi connectivity index (χ1n) is 11.1.